The number of aliphatic hydroxyl groups is 1. The normalized spacial score (nSPS) is 37.8. The van der Waals surface area contributed by atoms with Crippen molar-refractivity contribution >= 4 is 5.97 Å². The molecule has 2 fully saturated rings. The number of ether oxygens (including phenoxy) is 2. The first kappa shape index (κ1) is 9.48. The van der Waals surface area contributed by atoms with Crippen molar-refractivity contribution in [1.29, 1.82) is 0 Å². The van der Waals surface area contributed by atoms with Gasteiger partial charge >= 0.3 is 5.97 Å². The van der Waals surface area contributed by atoms with Gasteiger partial charge in [0.1, 0.15) is 5.76 Å². The van der Waals surface area contributed by atoms with Gasteiger partial charge < -0.3 is 19.7 Å². The minimum Gasteiger partial charge on any atom is -0.479 e. The summed E-state index contributed by atoms with van der Waals surface area (Å²) in [6.07, 6.45) is 1.61. The lowest BCUT2D eigenvalue weighted by molar-refractivity contribution is -0.228. The first-order valence-electron chi connectivity index (χ1n) is 4.47. The van der Waals surface area contributed by atoms with Crippen LogP contribution in [-0.4, -0.2) is 34.7 Å². The Morgan fingerprint density at radius 2 is 2.21 bits per heavy atom. The molecule has 1 heterocycles. The molecule has 1 saturated heterocycles. The molecule has 5 heteroatoms. The Kier molecular flexibility index (Phi) is 2.01. The molecular formula is C9H12O5. The lowest BCUT2D eigenvalue weighted by atomic mass is 10.0. The summed E-state index contributed by atoms with van der Waals surface area (Å²) in [6, 6.07) is 0. The fourth-order valence-corrected chi connectivity index (χ4v) is 1.34. The Morgan fingerprint density at radius 3 is 2.64 bits per heavy atom. The predicted molar refractivity (Wildman–Crippen MR) is 45.3 cm³/mol. The Hall–Kier alpha value is -1.07. The first-order valence-corrected chi connectivity index (χ1v) is 4.47. The molecule has 1 aliphatic heterocycles. The van der Waals surface area contributed by atoms with E-state index in [2.05, 4.69) is 6.58 Å². The van der Waals surface area contributed by atoms with Crippen LogP contribution in [0.25, 0.3) is 0 Å². The van der Waals surface area contributed by atoms with Crippen LogP contribution in [0.2, 0.25) is 0 Å². The highest BCUT2D eigenvalue weighted by molar-refractivity contribution is 5.81. The van der Waals surface area contributed by atoms with E-state index in [4.69, 9.17) is 14.6 Å². The fourth-order valence-electron chi connectivity index (χ4n) is 1.34. The van der Waals surface area contributed by atoms with Gasteiger partial charge in [-0.1, -0.05) is 6.58 Å². The molecule has 14 heavy (non-hydrogen) atoms. The van der Waals surface area contributed by atoms with Gasteiger partial charge in [-0.25, -0.2) is 4.79 Å². The van der Waals surface area contributed by atoms with Gasteiger partial charge in [0, 0.05) is 5.92 Å². The highest BCUT2D eigenvalue weighted by Crippen LogP contribution is 2.39. The van der Waals surface area contributed by atoms with Crippen molar-refractivity contribution < 1.29 is 24.5 Å². The Balaban J connectivity index is 2.06. The van der Waals surface area contributed by atoms with E-state index in [1.807, 2.05) is 0 Å². The zero-order valence-corrected chi connectivity index (χ0v) is 7.60. The van der Waals surface area contributed by atoms with Crippen molar-refractivity contribution in [1.82, 2.24) is 0 Å². The maximum Gasteiger partial charge on any atom is 0.346 e. The molecule has 78 valence electrons. The van der Waals surface area contributed by atoms with Gasteiger partial charge in [0.25, 0.3) is 0 Å². The van der Waals surface area contributed by atoms with Crippen LogP contribution in [0.5, 0.6) is 0 Å². The zero-order chi connectivity index (χ0) is 10.3. The van der Waals surface area contributed by atoms with E-state index < -0.39 is 17.9 Å². The van der Waals surface area contributed by atoms with E-state index in [0.717, 1.165) is 12.8 Å². The molecule has 2 aliphatic rings. The van der Waals surface area contributed by atoms with Gasteiger partial charge in [0.2, 0.25) is 11.9 Å². The summed E-state index contributed by atoms with van der Waals surface area (Å²) in [4.78, 5) is 10.7. The monoisotopic (exact) mass is 200 g/mol. The number of hydrogen-bond acceptors (Lipinski definition) is 4. The molecule has 0 radical (unpaired) electrons. The molecule has 0 amide bonds. The molecule has 2 atom stereocenters. The number of aliphatic carboxylic acids is 1. The van der Waals surface area contributed by atoms with Crippen molar-refractivity contribution in [2.45, 2.75) is 24.7 Å². The van der Waals surface area contributed by atoms with Crippen molar-refractivity contribution in [2.24, 2.45) is 5.92 Å². The van der Waals surface area contributed by atoms with Crippen LogP contribution in [-0.2, 0) is 14.3 Å². The van der Waals surface area contributed by atoms with E-state index in [-0.39, 0.29) is 12.4 Å². The molecule has 0 aromatic rings. The molecule has 1 aliphatic carbocycles. The zero-order valence-electron chi connectivity index (χ0n) is 7.60. The van der Waals surface area contributed by atoms with Gasteiger partial charge in [-0.05, 0) is 12.8 Å². The molecule has 0 aromatic carbocycles. The second-order valence-corrected chi connectivity index (χ2v) is 3.72. The molecule has 2 rings (SSSR count). The molecule has 0 aromatic heterocycles. The number of carboxylic acid groups (broad SMARTS) is 1. The Bertz CT molecular complexity index is 283. The number of hydrogen-bond donors (Lipinski definition) is 2. The van der Waals surface area contributed by atoms with Gasteiger partial charge in [-0.15, -0.1) is 0 Å². The molecule has 1 saturated carbocycles. The highest BCUT2D eigenvalue weighted by atomic mass is 16.7. The van der Waals surface area contributed by atoms with Crippen LogP contribution < -0.4 is 0 Å². The van der Waals surface area contributed by atoms with E-state index >= 15 is 0 Å². The van der Waals surface area contributed by atoms with Crippen LogP contribution >= 0.6 is 0 Å². The van der Waals surface area contributed by atoms with Crippen molar-refractivity contribution in [2.75, 3.05) is 6.61 Å². The van der Waals surface area contributed by atoms with Crippen LogP contribution in [0.4, 0.5) is 0 Å². The van der Waals surface area contributed by atoms with Crippen LogP contribution in [0.1, 0.15) is 12.8 Å². The van der Waals surface area contributed by atoms with Crippen LogP contribution in [0.15, 0.2) is 12.3 Å². The smallest absolute Gasteiger partial charge is 0.346 e. The van der Waals surface area contributed by atoms with Gasteiger partial charge in [-0.2, -0.15) is 0 Å². The first-order chi connectivity index (χ1) is 6.54. The second kappa shape index (κ2) is 2.96. The maximum atomic E-state index is 10.7. The molecule has 2 N–H and O–H groups in total. The summed E-state index contributed by atoms with van der Waals surface area (Å²) in [7, 11) is 0. The highest BCUT2D eigenvalue weighted by Gasteiger charge is 2.49. The third kappa shape index (κ3) is 1.38. The SMILES string of the molecule is C=C1OC(C2CC2)OCC1(O)C(=O)O. The standard InChI is InChI=1S/C9H12O5/c1-5-9(12,8(10)11)4-13-7(14-5)6-2-3-6/h6-7,12H,1-4H2,(H,10,11). The van der Waals surface area contributed by atoms with Crippen LogP contribution in [0, 0.1) is 5.92 Å². The maximum absolute atomic E-state index is 10.7. The average Bonchev–Trinajstić information content (AvgIpc) is 2.92. The molecule has 5 nitrogen and oxygen atoms in total. The minimum atomic E-state index is -2.09. The lowest BCUT2D eigenvalue weighted by Gasteiger charge is -2.35. The van der Waals surface area contributed by atoms with Gasteiger partial charge in [0.15, 0.2) is 0 Å². The topological polar surface area (TPSA) is 76.0 Å². The summed E-state index contributed by atoms with van der Waals surface area (Å²) in [5.41, 5.74) is -2.09. The Morgan fingerprint density at radius 1 is 1.57 bits per heavy atom. The second-order valence-electron chi connectivity index (χ2n) is 3.72. The summed E-state index contributed by atoms with van der Waals surface area (Å²) >= 11 is 0. The van der Waals surface area contributed by atoms with Crippen molar-refractivity contribution in [3.63, 3.8) is 0 Å². The third-order valence-corrected chi connectivity index (χ3v) is 2.54. The quantitative estimate of drug-likeness (QED) is 0.661. The van der Waals surface area contributed by atoms with E-state index in [1.165, 1.54) is 0 Å². The van der Waals surface area contributed by atoms with Crippen molar-refractivity contribution in [3.05, 3.63) is 12.3 Å². The predicted octanol–water partition coefficient (Wildman–Crippen LogP) is 0.0987. The van der Waals surface area contributed by atoms with Gasteiger partial charge in [0.05, 0.1) is 6.61 Å². The fraction of sp³-hybridized carbons (Fsp3) is 0.667. The summed E-state index contributed by atoms with van der Waals surface area (Å²) in [5, 5.41) is 18.3. The largest absolute Gasteiger partial charge is 0.479 e. The average molecular weight is 200 g/mol. The molecule has 0 spiro atoms. The number of carbonyl (C=O) groups is 1. The molecular weight excluding hydrogens is 188 g/mol. The Labute approximate surface area is 80.9 Å². The lowest BCUT2D eigenvalue weighted by Crippen LogP contribution is -2.51. The van der Waals surface area contributed by atoms with Crippen LogP contribution in [0.3, 0.4) is 0 Å². The summed E-state index contributed by atoms with van der Waals surface area (Å²) < 4.78 is 10.3. The van der Waals surface area contributed by atoms with E-state index in [9.17, 15) is 9.90 Å². The molecule has 2 unspecified atom stereocenters. The molecule has 0 bridgehead atoms. The van der Waals surface area contributed by atoms with Crippen molar-refractivity contribution in [3.8, 4) is 0 Å². The van der Waals surface area contributed by atoms with Gasteiger partial charge in [-0.3, -0.25) is 0 Å². The van der Waals surface area contributed by atoms with E-state index in [0.29, 0.717) is 5.92 Å². The number of carboxylic acids is 1. The third-order valence-electron chi connectivity index (χ3n) is 2.54. The van der Waals surface area contributed by atoms with E-state index in [1.54, 1.807) is 0 Å². The summed E-state index contributed by atoms with van der Waals surface area (Å²) in [5.74, 6) is -1.20. The summed E-state index contributed by atoms with van der Waals surface area (Å²) in [6.45, 7) is 3.13. The number of rotatable bonds is 2. The minimum absolute atomic E-state index is 0.131.